The summed E-state index contributed by atoms with van der Waals surface area (Å²) in [4.78, 5) is 18.4. The van der Waals surface area contributed by atoms with Crippen molar-refractivity contribution in [2.24, 2.45) is 0 Å². The molecule has 2 heterocycles. The molecule has 1 saturated heterocycles. The number of aryl methyl sites for hydroxylation is 1. The van der Waals surface area contributed by atoms with Gasteiger partial charge in [0.05, 0.1) is 29.0 Å². The third-order valence-corrected chi connectivity index (χ3v) is 5.42. The Bertz CT molecular complexity index is 659. The summed E-state index contributed by atoms with van der Waals surface area (Å²) >= 11 is 1.52. The van der Waals surface area contributed by atoms with Gasteiger partial charge in [-0.15, -0.1) is 11.3 Å². The van der Waals surface area contributed by atoms with Crippen molar-refractivity contribution in [1.82, 2.24) is 14.6 Å². The van der Waals surface area contributed by atoms with E-state index in [0.717, 1.165) is 17.0 Å². The molecule has 2 rings (SSSR count). The van der Waals surface area contributed by atoms with E-state index in [4.69, 9.17) is 0 Å². The van der Waals surface area contributed by atoms with Crippen molar-refractivity contribution >= 4 is 27.3 Å². The highest BCUT2D eigenvalue weighted by atomic mass is 32.2. The van der Waals surface area contributed by atoms with E-state index in [9.17, 15) is 18.3 Å². The van der Waals surface area contributed by atoms with Crippen LogP contribution in [0.25, 0.3) is 0 Å². The van der Waals surface area contributed by atoms with Crippen LogP contribution in [0, 0.1) is 6.92 Å². The lowest BCUT2D eigenvalue weighted by Crippen LogP contribution is -2.43. The summed E-state index contributed by atoms with van der Waals surface area (Å²) in [6.45, 7) is 2.88. The SMILES string of the molecule is Cc1nc(CC(=O)N2CCC[C@@](O)(CNS(C)(=O)=O)CC2)cs1. The first-order chi connectivity index (χ1) is 10.7. The fraction of sp³-hybridized carbons (Fsp3) is 0.714. The van der Waals surface area contributed by atoms with Crippen LogP contribution in [-0.4, -0.2) is 60.8 Å². The number of hydrogen-bond acceptors (Lipinski definition) is 6. The Kier molecular flexibility index (Phi) is 5.77. The van der Waals surface area contributed by atoms with Crippen molar-refractivity contribution in [2.45, 2.75) is 38.2 Å². The molecule has 2 N–H and O–H groups in total. The number of likely N-dealkylation sites (tertiary alicyclic amines) is 1. The predicted octanol–water partition coefficient (Wildman–Crippen LogP) is 0.287. The van der Waals surface area contributed by atoms with Gasteiger partial charge in [0.15, 0.2) is 0 Å². The second-order valence-electron chi connectivity index (χ2n) is 6.09. The third-order valence-electron chi connectivity index (χ3n) is 3.93. The van der Waals surface area contributed by atoms with E-state index in [1.165, 1.54) is 11.3 Å². The molecule has 0 aliphatic carbocycles. The van der Waals surface area contributed by atoms with Crippen LogP contribution in [-0.2, 0) is 21.2 Å². The Morgan fingerprint density at radius 3 is 2.83 bits per heavy atom. The number of amides is 1. The Hall–Kier alpha value is -1.03. The number of nitrogens with one attached hydrogen (secondary N) is 1. The quantitative estimate of drug-likeness (QED) is 0.785. The highest BCUT2D eigenvalue weighted by molar-refractivity contribution is 7.88. The standard InChI is InChI=1S/C14H23N3O4S2/c1-11-16-12(9-22-11)8-13(18)17-6-3-4-14(19,5-7-17)10-15-23(2,20)21/h9,15,19H,3-8,10H2,1-2H3/t14-/m0/s1. The summed E-state index contributed by atoms with van der Waals surface area (Å²) in [5.41, 5.74) is -0.328. The number of hydrogen-bond donors (Lipinski definition) is 2. The van der Waals surface area contributed by atoms with Crippen LogP contribution in [0.3, 0.4) is 0 Å². The third kappa shape index (κ3) is 5.83. The number of sulfonamides is 1. The largest absolute Gasteiger partial charge is 0.388 e. The van der Waals surface area contributed by atoms with Crippen molar-refractivity contribution in [3.8, 4) is 0 Å². The first-order valence-electron chi connectivity index (χ1n) is 7.53. The summed E-state index contributed by atoms with van der Waals surface area (Å²) in [5, 5.41) is 13.4. The molecule has 23 heavy (non-hydrogen) atoms. The molecular formula is C14H23N3O4S2. The van der Waals surface area contributed by atoms with Crippen LogP contribution in [0.1, 0.15) is 30.0 Å². The van der Waals surface area contributed by atoms with Crippen molar-refractivity contribution in [3.63, 3.8) is 0 Å². The molecule has 0 radical (unpaired) electrons. The zero-order valence-electron chi connectivity index (χ0n) is 13.4. The number of aromatic nitrogens is 1. The Morgan fingerprint density at radius 2 is 2.22 bits per heavy atom. The summed E-state index contributed by atoms with van der Waals surface area (Å²) in [7, 11) is -3.34. The minimum absolute atomic E-state index is 0.00405. The number of carbonyl (C=O) groups excluding carboxylic acids is 1. The zero-order chi connectivity index (χ0) is 17.1. The van der Waals surface area contributed by atoms with Gasteiger partial charge in [-0.2, -0.15) is 0 Å². The van der Waals surface area contributed by atoms with Gasteiger partial charge < -0.3 is 10.0 Å². The van der Waals surface area contributed by atoms with Crippen molar-refractivity contribution in [3.05, 3.63) is 16.1 Å². The maximum absolute atomic E-state index is 12.4. The highest BCUT2D eigenvalue weighted by Gasteiger charge is 2.32. The maximum atomic E-state index is 12.4. The van der Waals surface area contributed by atoms with Crippen LogP contribution in [0.5, 0.6) is 0 Å². The molecule has 130 valence electrons. The molecule has 1 atom stereocenters. The van der Waals surface area contributed by atoms with Gasteiger partial charge in [0.1, 0.15) is 0 Å². The second kappa shape index (κ2) is 7.25. The average Bonchev–Trinajstić information content (AvgIpc) is 2.74. The first-order valence-corrected chi connectivity index (χ1v) is 10.3. The summed E-state index contributed by atoms with van der Waals surface area (Å²) in [6, 6.07) is 0. The highest BCUT2D eigenvalue weighted by Crippen LogP contribution is 2.22. The molecule has 0 spiro atoms. The molecule has 0 bridgehead atoms. The number of nitrogens with zero attached hydrogens (tertiary/aromatic N) is 2. The normalized spacial score (nSPS) is 22.8. The molecule has 1 amide bonds. The molecule has 1 fully saturated rings. The summed E-state index contributed by atoms with van der Waals surface area (Å²) in [6.07, 6.45) is 2.80. The van der Waals surface area contributed by atoms with Crippen LogP contribution in [0.4, 0.5) is 0 Å². The van der Waals surface area contributed by atoms with E-state index in [0.29, 0.717) is 32.4 Å². The van der Waals surface area contributed by atoms with Crippen LogP contribution < -0.4 is 4.72 Å². The molecule has 1 aromatic heterocycles. The average molecular weight is 361 g/mol. The minimum Gasteiger partial charge on any atom is -0.388 e. The smallest absolute Gasteiger partial charge is 0.228 e. The van der Waals surface area contributed by atoms with Crippen LogP contribution in [0.15, 0.2) is 5.38 Å². The van der Waals surface area contributed by atoms with Crippen molar-refractivity contribution < 1.29 is 18.3 Å². The number of carbonyl (C=O) groups is 1. The number of rotatable bonds is 5. The van der Waals surface area contributed by atoms with E-state index in [1.54, 1.807) is 4.90 Å². The van der Waals surface area contributed by atoms with E-state index in [-0.39, 0.29) is 18.9 Å². The predicted molar refractivity (Wildman–Crippen MR) is 88.8 cm³/mol. The van der Waals surface area contributed by atoms with E-state index < -0.39 is 15.6 Å². The van der Waals surface area contributed by atoms with Crippen molar-refractivity contribution in [1.29, 1.82) is 0 Å². The minimum atomic E-state index is -3.34. The monoisotopic (exact) mass is 361 g/mol. The van der Waals surface area contributed by atoms with E-state index >= 15 is 0 Å². The number of aliphatic hydroxyl groups is 1. The molecule has 1 aliphatic heterocycles. The Morgan fingerprint density at radius 1 is 1.48 bits per heavy atom. The topological polar surface area (TPSA) is 99.6 Å². The summed E-state index contributed by atoms with van der Waals surface area (Å²) in [5.74, 6) is -0.00405. The van der Waals surface area contributed by atoms with Crippen LogP contribution in [0.2, 0.25) is 0 Å². The van der Waals surface area contributed by atoms with Crippen LogP contribution >= 0.6 is 11.3 Å². The molecule has 0 saturated carbocycles. The molecule has 9 heteroatoms. The maximum Gasteiger partial charge on any atom is 0.228 e. The molecule has 1 aliphatic rings. The van der Waals surface area contributed by atoms with Gasteiger partial charge >= 0.3 is 0 Å². The molecule has 7 nitrogen and oxygen atoms in total. The van der Waals surface area contributed by atoms with Gasteiger partial charge in [0.25, 0.3) is 0 Å². The van der Waals surface area contributed by atoms with E-state index in [2.05, 4.69) is 9.71 Å². The molecular weight excluding hydrogens is 338 g/mol. The Balaban J connectivity index is 1.91. The molecule has 0 aromatic carbocycles. The first kappa shape index (κ1) is 18.3. The van der Waals surface area contributed by atoms with Gasteiger partial charge in [0, 0.05) is 25.0 Å². The zero-order valence-corrected chi connectivity index (χ0v) is 15.0. The lowest BCUT2D eigenvalue weighted by molar-refractivity contribution is -0.130. The van der Waals surface area contributed by atoms with Gasteiger partial charge in [-0.1, -0.05) is 0 Å². The fourth-order valence-corrected chi connectivity index (χ4v) is 3.77. The van der Waals surface area contributed by atoms with Gasteiger partial charge in [-0.05, 0) is 26.2 Å². The second-order valence-corrected chi connectivity index (χ2v) is 8.98. The fourth-order valence-electron chi connectivity index (χ4n) is 2.63. The number of thiazole rings is 1. The Labute approximate surface area is 140 Å². The van der Waals surface area contributed by atoms with Gasteiger partial charge in [-0.3, -0.25) is 4.79 Å². The van der Waals surface area contributed by atoms with E-state index in [1.807, 2.05) is 12.3 Å². The van der Waals surface area contributed by atoms with Gasteiger partial charge in [0.2, 0.25) is 15.9 Å². The lowest BCUT2D eigenvalue weighted by atomic mass is 9.95. The molecule has 0 unspecified atom stereocenters. The lowest BCUT2D eigenvalue weighted by Gasteiger charge is -2.26. The summed E-state index contributed by atoms with van der Waals surface area (Å²) < 4.78 is 24.7. The van der Waals surface area contributed by atoms with Gasteiger partial charge in [-0.25, -0.2) is 18.1 Å². The molecule has 1 aromatic rings. The van der Waals surface area contributed by atoms with Crippen molar-refractivity contribution in [2.75, 3.05) is 25.9 Å².